The summed E-state index contributed by atoms with van der Waals surface area (Å²) in [6.45, 7) is 4.78. The molecule has 0 saturated carbocycles. The van der Waals surface area contributed by atoms with Crippen molar-refractivity contribution in [2.45, 2.75) is 25.8 Å². The average Bonchev–Trinajstić information content (AvgIpc) is 2.10. The minimum Gasteiger partial charge on any atom is -0.382 e. The Labute approximate surface area is 75.9 Å². The summed E-state index contributed by atoms with van der Waals surface area (Å²) in [4.78, 5) is 0. The van der Waals surface area contributed by atoms with Gasteiger partial charge in [0.1, 0.15) is 0 Å². The van der Waals surface area contributed by atoms with Crippen LogP contribution in [-0.2, 0) is 4.74 Å². The van der Waals surface area contributed by atoms with E-state index >= 15 is 0 Å². The van der Waals surface area contributed by atoms with Crippen LogP contribution >= 0.6 is 0 Å². The molecular weight excluding hydrogens is 152 g/mol. The Morgan fingerprint density at radius 3 is 2.58 bits per heavy atom. The van der Waals surface area contributed by atoms with Crippen molar-refractivity contribution < 1.29 is 4.74 Å². The molecule has 0 heterocycles. The molecule has 3 nitrogen and oxygen atoms in total. The van der Waals surface area contributed by atoms with Crippen LogP contribution in [0.4, 0.5) is 0 Å². The fourth-order valence-corrected chi connectivity index (χ4v) is 1.17. The zero-order chi connectivity index (χ0) is 9.23. The largest absolute Gasteiger partial charge is 0.382 e. The van der Waals surface area contributed by atoms with Gasteiger partial charge in [-0.25, -0.2) is 0 Å². The molecule has 2 N–H and O–H groups in total. The van der Waals surface area contributed by atoms with Crippen LogP contribution < -0.4 is 10.6 Å². The minimum absolute atomic E-state index is 0.579. The number of nitrogens with one attached hydrogen (secondary N) is 2. The van der Waals surface area contributed by atoms with Gasteiger partial charge in [0.05, 0.1) is 0 Å². The van der Waals surface area contributed by atoms with Crippen molar-refractivity contribution in [3.05, 3.63) is 0 Å². The maximum Gasteiger partial charge on any atom is 0.0466 e. The second-order valence-corrected chi connectivity index (χ2v) is 2.88. The van der Waals surface area contributed by atoms with Crippen molar-refractivity contribution >= 4 is 0 Å². The summed E-state index contributed by atoms with van der Waals surface area (Å²) in [5.74, 6) is 0. The predicted octanol–water partition coefficient (Wildman–Crippen LogP) is 0.611. The average molecular weight is 174 g/mol. The molecule has 1 atom stereocenters. The van der Waals surface area contributed by atoms with Gasteiger partial charge in [0, 0.05) is 25.8 Å². The fraction of sp³-hybridized carbons (Fsp3) is 1.00. The van der Waals surface area contributed by atoms with E-state index in [1.165, 1.54) is 6.42 Å². The summed E-state index contributed by atoms with van der Waals surface area (Å²) >= 11 is 0. The first-order chi connectivity index (χ1) is 5.85. The van der Waals surface area contributed by atoms with Gasteiger partial charge in [-0.3, -0.25) is 0 Å². The van der Waals surface area contributed by atoms with E-state index < -0.39 is 0 Å². The Morgan fingerprint density at radius 1 is 1.33 bits per heavy atom. The quantitative estimate of drug-likeness (QED) is 0.529. The number of hydrogen-bond donors (Lipinski definition) is 2. The van der Waals surface area contributed by atoms with Crippen molar-refractivity contribution in [1.82, 2.24) is 10.6 Å². The highest BCUT2D eigenvalue weighted by atomic mass is 16.5. The van der Waals surface area contributed by atoms with Gasteiger partial charge in [-0.2, -0.15) is 0 Å². The fourth-order valence-electron chi connectivity index (χ4n) is 1.17. The molecular formula is C9H22N2O. The monoisotopic (exact) mass is 174 g/mol. The zero-order valence-electron chi connectivity index (χ0n) is 8.52. The molecule has 1 unspecified atom stereocenters. The predicted molar refractivity (Wildman–Crippen MR) is 52.5 cm³/mol. The highest BCUT2D eigenvalue weighted by Gasteiger charge is 2.02. The van der Waals surface area contributed by atoms with Crippen LogP contribution in [0.1, 0.15) is 19.8 Å². The molecule has 0 aliphatic carbocycles. The van der Waals surface area contributed by atoms with Gasteiger partial charge in [0.15, 0.2) is 0 Å². The topological polar surface area (TPSA) is 33.3 Å². The third-order valence-electron chi connectivity index (χ3n) is 1.90. The smallest absolute Gasteiger partial charge is 0.0466 e. The maximum atomic E-state index is 5.26. The third kappa shape index (κ3) is 6.58. The lowest BCUT2D eigenvalue weighted by Gasteiger charge is -2.14. The molecule has 0 aromatic heterocycles. The van der Waals surface area contributed by atoms with E-state index in [9.17, 15) is 0 Å². The van der Waals surface area contributed by atoms with Crippen molar-refractivity contribution in [1.29, 1.82) is 0 Å². The molecule has 0 aromatic carbocycles. The Hall–Kier alpha value is -0.120. The summed E-state index contributed by atoms with van der Waals surface area (Å²) in [5, 5.41) is 6.42. The van der Waals surface area contributed by atoms with Gasteiger partial charge >= 0.3 is 0 Å². The molecule has 12 heavy (non-hydrogen) atoms. The molecule has 0 aromatic rings. The van der Waals surface area contributed by atoms with Gasteiger partial charge in [-0.15, -0.1) is 0 Å². The van der Waals surface area contributed by atoms with Gasteiger partial charge < -0.3 is 15.4 Å². The number of rotatable bonds is 8. The Kier molecular flexibility index (Phi) is 8.88. The SMILES string of the molecule is CCOCCCC(CNC)NC. The lowest BCUT2D eigenvalue weighted by Crippen LogP contribution is -2.35. The molecule has 0 saturated heterocycles. The summed E-state index contributed by atoms with van der Waals surface area (Å²) < 4.78 is 5.26. The van der Waals surface area contributed by atoms with Crippen LogP contribution in [0.25, 0.3) is 0 Å². The van der Waals surface area contributed by atoms with E-state index in [-0.39, 0.29) is 0 Å². The lowest BCUT2D eigenvalue weighted by atomic mass is 10.1. The molecule has 0 aliphatic heterocycles. The van der Waals surface area contributed by atoms with E-state index in [1.807, 2.05) is 21.0 Å². The van der Waals surface area contributed by atoms with Crippen LogP contribution in [0.5, 0.6) is 0 Å². The van der Waals surface area contributed by atoms with Crippen LogP contribution in [-0.4, -0.2) is 39.9 Å². The summed E-state index contributed by atoms with van der Waals surface area (Å²) in [7, 11) is 3.98. The van der Waals surface area contributed by atoms with Crippen LogP contribution in [0.2, 0.25) is 0 Å². The lowest BCUT2D eigenvalue weighted by molar-refractivity contribution is 0.141. The molecule has 0 spiro atoms. The molecule has 0 rings (SSSR count). The maximum absolute atomic E-state index is 5.26. The van der Waals surface area contributed by atoms with Gasteiger partial charge in [-0.1, -0.05) is 0 Å². The second-order valence-electron chi connectivity index (χ2n) is 2.88. The van der Waals surface area contributed by atoms with Crippen molar-refractivity contribution in [3.63, 3.8) is 0 Å². The molecule has 74 valence electrons. The van der Waals surface area contributed by atoms with Gasteiger partial charge in [0.2, 0.25) is 0 Å². The normalized spacial score (nSPS) is 13.2. The minimum atomic E-state index is 0.579. The van der Waals surface area contributed by atoms with Crippen LogP contribution in [0.3, 0.4) is 0 Å². The summed E-state index contributed by atoms with van der Waals surface area (Å²) in [6, 6.07) is 0.579. The second kappa shape index (κ2) is 8.97. The first-order valence-corrected chi connectivity index (χ1v) is 4.74. The number of hydrogen-bond acceptors (Lipinski definition) is 3. The van der Waals surface area contributed by atoms with Crippen LogP contribution in [0.15, 0.2) is 0 Å². The standard InChI is InChI=1S/C9H22N2O/c1-4-12-7-5-6-9(11-3)8-10-2/h9-11H,4-8H2,1-3H3. The Balaban J connectivity index is 3.19. The molecule has 0 aliphatic rings. The summed E-state index contributed by atoms with van der Waals surface area (Å²) in [6.07, 6.45) is 2.32. The highest BCUT2D eigenvalue weighted by molar-refractivity contribution is 4.65. The van der Waals surface area contributed by atoms with Crippen molar-refractivity contribution in [2.24, 2.45) is 0 Å². The molecule has 0 amide bonds. The van der Waals surface area contributed by atoms with E-state index in [4.69, 9.17) is 4.74 Å². The zero-order valence-corrected chi connectivity index (χ0v) is 8.52. The first-order valence-electron chi connectivity index (χ1n) is 4.74. The Bertz CT molecular complexity index is 88.6. The number of ether oxygens (including phenoxy) is 1. The highest BCUT2D eigenvalue weighted by Crippen LogP contribution is 1.95. The molecule has 0 radical (unpaired) electrons. The number of likely N-dealkylation sites (N-methyl/N-ethyl adjacent to an activating group) is 2. The molecule has 3 heteroatoms. The van der Waals surface area contributed by atoms with E-state index in [0.717, 1.165) is 26.2 Å². The molecule has 0 bridgehead atoms. The van der Waals surface area contributed by atoms with E-state index in [0.29, 0.717) is 6.04 Å². The van der Waals surface area contributed by atoms with E-state index in [1.54, 1.807) is 0 Å². The van der Waals surface area contributed by atoms with Crippen molar-refractivity contribution in [2.75, 3.05) is 33.9 Å². The first kappa shape index (κ1) is 11.9. The van der Waals surface area contributed by atoms with Gasteiger partial charge in [0.25, 0.3) is 0 Å². The molecule has 0 fully saturated rings. The summed E-state index contributed by atoms with van der Waals surface area (Å²) in [5.41, 5.74) is 0. The Morgan fingerprint density at radius 2 is 2.08 bits per heavy atom. The van der Waals surface area contributed by atoms with Crippen LogP contribution in [0, 0.1) is 0 Å². The van der Waals surface area contributed by atoms with Crippen molar-refractivity contribution in [3.8, 4) is 0 Å². The third-order valence-corrected chi connectivity index (χ3v) is 1.90. The van der Waals surface area contributed by atoms with E-state index in [2.05, 4.69) is 10.6 Å². The van der Waals surface area contributed by atoms with Gasteiger partial charge in [-0.05, 0) is 33.9 Å².